The molecule has 1 atom stereocenters. The maximum atomic E-state index is 11.3. The van der Waals surface area contributed by atoms with Crippen LogP contribution < -0.4 is 10.1 Å². The van der Waals surface area contributed by atoms with Crippen molar-refractivity contribution >= 4 is 5.97 Å². The molecule has 0 spiro atoms. The van der Waals surface area contributed by atoms with Gasteiger partial charge in [0, 0.05) is 13.1 Å². The lowest BCUT2D eigenvalue weighted by atomic mass is 10.1. The predicted octanol–water partition coefficient (Wildman–Crippen LogP) is 0.972. The number of carbonyl (C=O) groups is 1. The molecular weight excluding hydrogens is 232 g/mol. The summed E-state index contributed by atoms with van der Waals surface area (Å²) in [6.45, 7) is 1.40. The number of nitrogens with one attached hydrogen (secondary N) is 1. The van der Waals surface area contributed by atoms with Gasteiger partial charge in [0.2, 0.25) is 0 Å². The largest absolute Gasteiger partial charge is 0.497 e. The summed E-state index contributed by atoms with van der Waals surface area (Å²) in [6, 6.07) is 6.39. The van der Waals surface area contributed by atoms with Crippen LogP contribution in [0, 0.1) is 0 Å². The van der Waals surface area contributed by atoms with Crippen LogP contribution in [-0.4, -0.2) is 50.3 Å². The Kier molecular flexibility index (Phi) is 5.61. The summed E-state index contributed by atoms with van der Waals surface area (Å²) in [5.74, 6) is -0.227. The van der Waals surface area contributed by atoms with Gasteiger partial charge in [-0.2, -0.15) is 0 Å². The molecule has 0 aromatic heterocycles. The summed E-state index contributed by atoms with van der Waals surface area (Å²) in [5, 5.41) is 12.3. The number of benzene rings is 1. The number of ether oxygens (including phenoxy) is 1. The Labute approximate surface area is 107 Å². The highest BCUT2D eigenvalue weighted by Crippen LogP contribution is 2.19. The summed E-state index contributed by atoms with van der Waals surface area (Å²) >= 11 is 0. The van der Waals surface area contributed by atoms with Gasteiger partial charge in [-0.1, -0.05) is 12.1 Å². The van der Waals surface area contributed by atoms with Crippen molar-refractivity contribution in [2.24, 2.45) is 0 Å². The van der Waals surface area contributed by atoms with Crippen molar-refractivity contribution in [2.75, 3.05) is 34.3 Å². The van der Waals surface area contributed by atoms with Gasteiger partial charge >= 0.3 is 5.97 Å². The minimum atomic E-state index is -0.887. The fourth-order valence-corrected chi connectivity index (χ4v) is 1.60. The fraction of sp³-hybridized carbons (Fsp3) is 0.462. The zero-order valence-corrected chi connectivity index (χ0v) is 11.0. The number of methoxy groups -OCH3 is 1. The fourth-order valence-electron chi connectivity index (χ4n) is 1.60. The van der Waals surface area contributed by atoms with E-state index in [-0.39, 0.29) is 0 Å². The van der Waals surface area contributed by atoms with E-state index in [9.17, 15) is 9.90 Å². The van der Waals surface area contributed by atoms with E-state index in [0.29, 0.717) is 17.9 Å². The Morgan fingerprint density at radius 2 is 2.22 bits per heavy atom. The molecule has 5 heteroatoms. The summed E-state index contributed by atoms with van der Waals surface area (Å²) in [4.78, 5) is 13.3. The number of carboxylic acid groups (broad SMARTS) is 1. The van der Waals surface area contributed by atoms with E-state index < -0.39 is 12.0 Å². The Hall–Kier alpha value is -1.59. The topological polar surface area (TPSA) is 61.8 Å². The Bertz CT molecular complexity index is 394. The van der Waals surface area contributed by atoms with Gasteiger partial charge in [-0.3, -0.25) is 10.1 Å². The second kappa shape index (κ2) is 6.98. The SMILES string of the molecule is COc1cccc(C(NCCN(C)C)C(=O)O)c1. The standard InChI is InChI=1S/C13H20N2O3/c1-15(2)8-7-14-12(13(16)17)10-5-4-6-11(9-10)18-3/h4-6,9,12,14H,7-8H2,1-3H3,(H,16,17). The molecule has 0 radical (unpaired) electrons. The molecule has 0 aliphatic rings. The molecular formula is C13H20N2O3. The lowest BCUT2D eigenvalue weighted by molar-refractivity contribution is -0.139. The molecule has 2 N–H and O–H groups in total. The summed E-state index contributed by atoms with van der Waals surface area (Å²) in [5.41, 5.74) is 0.695. The summed E-state index contributed by atoms with van der Waals surface area (Å²) in [6.07, 6.45) is 0. The van der Waals surface area contributed by atoms with Crippen LogP contribution in [0.4, 0.5) is 0 Å². The third-order valence-electron chi connectivity index (χ3n) is 2.58. The van der Waals surface area contributed by atoms with E-state index in [4.69, 9.17) is 4.74 Å². The van der Waals surface area contributed by atoms with E-state index in [1.807, 2.05) is 19.0 Å². The lowest BCUT2D eigenvalue weighted by Crippen LogP contribution is -2.33. The Morgan fingerprint density at radius 3 is 2.78 bits per heavy atom. The number of hydrogen-bond donors (Lipinski definition) is 2. The third-order valence-corrected chi connectivity index (χ3v) is 2.58. The second-order valence-corrected chi connectivity index (χ2v) is 4.31. The molecule has 0 aliphatic heterocycles. The average Bonchev–Trinajstić information content (AvgIpc) is 2.34. The molecule has 0 saturated heterocycles. The van der Waals surface area contributed by atoms with Gasteiger partial charge in [-0.15, -0.1) is 0 Å². The molecule has 0 saturated carbocycles. The second-order valence-electron chi connectivity index (χ2n) is 4.31. The number of likely N-dealkylation sites (N-methyl/N-ethyl adjacent to an activating group) is 1. The molecule has 1 rings (SSSR count). The van der Waals surface area contributed by atoms with Gasteiger partial charge in [-0.25, -0.2) is 0 Å². The zero-order chi connectivity index (χ0) is 13.5. The summed E-state index contributed by atoms with van der Waals surface area (Å²) in [7, 11) is 5.46. The molecule has 18 heavy (non-hydrogen) atoms. The van der Waals surface area contributed by atoms with E-state index in [0.717, 1.165) is 6.54 Å². The highest BCUT2D eigenvalue weighted by atomic mass is 16.5. The van der Waals surface area contributed by atoms with E-state index in [1.54, 1.807) is 31.4 Å². The first-order chi connectivity index (χ1) is 8.54. The molecule has 100 valence electrons. The van der Waals surface area contributed by atoms with Crippen LogP contribution >= 0.6 is 0 Å². The quantitative estimate of drug-likeness (QED) is 0.757. The van der Waals surface area contributed by atoms with Gasteiger partial charge in [0.15, 0.2) is 0 Å². The molecule has 0 aliphatic carbocycles. The van der Waals surface area contributed by atoms with E-state index in [1.165, 1.54) is 0 Å². The predicted molar refractivity (Wildman–Crippen MR) is 69.9 cm³/mol. The highest BCUT2D eigenvalue weighted by molar-refractivity contribution is 5.75. The van der Waals surface area contributed by atoms with Crippen LogP contribution in [0.3, 0.4) is 0 Å². The normalized spacial score (nSPS) is 12.4. The van der Waals surface area contributed by atoms with Crippen molar-refractivity contribution in [1.82, 2.24) is 10.2 Å². The van der Waals surface area contributed by atoms with Crippen LogP contribution in [0.15, 0.2) is 24.3 Å². The van der Waals surface area contributed by atoms with Gasteiger partial charge < -0.3 is 14.7 Å². The van der Waals surface area contributed by atoms with Crippen molar-refractivity contribution in [3.05, 3.63) is 29.8 Å². The van der Waals surface area contributed by atoms with Crippen LogP contribution in [0.2, 0.25) is 0 Å². The number of hydrogen-bond acceptors (Lipinski definition) is 4. The molecule has 1 aromatic rings. The van der Waals surface area contributed by atoms with Gasteiger partial charge in [0.25, 0.3) is 0 Å². The van der Waals surface area contributed by atoms with Crippen molar-refractivity contribution < 1.29 is 14.6 Å². The molecule has 0 amide bonds. The average molecular weight is 252 g/mol. The monoisotopic (exact) mass is 252 g/mol. The van der Waals surface area contributed by atoms with Crippen molar-refractivity contribution in [2.45, 2.75) is 6.04 Å². The number of carboxylic acids is 1. The van der Waals surface area contributed by atoms with Crippen LogP contribution in [0.1, 0.15) is 11.6 Å². The molecule has 5 nitrogen and oxygen atoms in total. The van der Waals surface area contributed by atoms with Gasteiger partial charge in [0.05, 0.1) is 7.11 Å². The maximum Gasteiger partial charge on any atom is 0.325 e. The highest BCUT2D eigenvalue weighted by Gasteiger charge is 2.19. The van der Waals surface area contributed by atoms with E-state index >= 15 is 0 Å². The van der Waals surface area contributed by atoms with Crippen molar-refractivity contribution in [3.8, 4) is 5.75 Å². The van der Waals surface area contributed by atoms with Crippen molar-refractivity contribution in [3.63, 3.8) is 0 Å². The first kappa shape index (κ1) is 14.5. The van der Waals surface area contributed by atoms with E-state index in [2.05, 4.69) is 5.32 Å². The minimum absolute atomic E-state index is 0.612. The molecule has 1 aromatic carbocycles. The van der Waals surface area contributed by atoms with Crippen molar-refractivity contribution in [1.29, 1.82) is 0 Å². The Morgan fingerprint density at radius 1 is 1.50 bits per heavy atom. The third kappa shape index (κ3) is 4.35. The summed E-state index contributed by atoms with van der Waals surface area (Å²) < 4.78 is 5.10. The van der Waals surface area contributed by atoms with Gasteiger partial charge in [-0.05, 0) is 31.8 Å². The molecule has 0 heterocycles. The zero-order valence-electron chi connectivity index (χ0n) is 11.0. The first-order valence-electron chi connectivity index (χ1n) is 5.79. The van der Waals surface area contributed by atoms with Crippen LogP contribution in [0.25, 0.3) is 0 Å². The minimum Gasteiger partial charge on any atom is -0.497 e. The number of aliphatic carboxylic acids is 1. The Balaban J connectivity index is 2.74. The number of nitrogens with zero attached hydrogens (tertiary/aromatic N) is 1. The smallest absolute Gasteiger partial charge is 0.325 e. The molecule has 0 fully saturated rings. The maximum absolute atomic E-state index is 11.3. The lowest BCUT2D eigenvalue weighted by Gasteiger charge is -2.17. The first-order valence-corrected chi connectivity index (χ1v) is 5.79. The van der Waals surface area contributed by atoms with Crippen LogP contribution in [0.5, 0.6) is 5.75 Å². The number of rotatable bonds is 7. The van der Waals surface area contributed by atoms with Gasteiger partial charge in [0.1, 0.15) is 11.8 Å². The molecule has 1 unspecified atom stereocenters. The molecule has 0 bridgehead atoms. The van der Waals surface area contributed by atoms with Crippen LogP contribution in [-0.2, 0) is 4.79 Å².